The first-order chi connectivity index (χ1) is 13.8. The fourth-order valence-corrected chi connectivity index (χ4v) is 4.00. The zero-order valence-corrected chi connectivity index (χ0v) is 16.4. The smallest absolute Gasteiger partial charge is 0.265 e. The third-order valence-electron chi connectivity index (χ3n) is 5.80. The predicted octanol–water partition coefficient (Wildman–Crippen LogP) is -0.0963. The van der Waals surface area contributed by atoms with Gasteiger partial charge in [-0.3, -0.25) is 23.7 Å². The molecule has 0 bridgehead atoms. The number of Topliss-reactive ketones (excluding diaryl/α,β-unsaturated/α-hetero) is 1. The van der Waals surface area contributed by atoms with Crippen LogP contribution >= 0.6 is 0 Å². The number of ketones is 1. The van der Waals surface area contributed by atoms with E-state index < -0.39 is 41.7 Å². The Balaban J connectivity index is 1.85. The number of nitrogens with zero attached hydrogens (tertiary/aromatic N) is 1. The second kappa shape index (κ2) is 8.46. The summed E-state index contributed by atoms with van der Waals surface area (Å²) < 4.78 is 6.12. The van der Waals surface area contributed by atoms with Gasteiger partial charge in [-0.25, -0.2) is 0 Å². The van der Waals surface area contributed by atoms with E-state index in [9.17, 15) is 24.3 Å². The molecule has 9 nitrogen and oxygen atoms in total. The summed E-state index contributed by atoms with van der Waals surface area (Å²) in [6.45, 7) is 1.25. The summed E-state index contributed by atoms with van der Waals surface area (Å²) in [5.74, 6) is -1.51. The lowest BCUT2D eigenvalue weighted by atomic mass is 9.90. The third-order valence-corrected chi connectivity index (χ3v) is 5.80. The molecule has 1 saturated carbocycles. The Labute approximate surface area is 168 Å². The Morgan fingerprint density at radius 1 is 1.34 bits per heavy atom. The average Bonchev–Trinajstić information content (AvgIpc) is 3.22. The van der Waals surface area contributed by atoms with Gasteiger partial charge in [-0.05, 0) is 25.3 Å². The second-order valence-electron chi connectivity index (χ2n) is 8.01. The number of rotatable bonds is 9. The number of carbonyl (C=O) groups excluding carboxylic acids is 3. The van der Waals surface area contributed by atoms with E-state index in [1.807, 2.05) is 0 Å². The lowest BCUT2D eigenvalue weighted by Gasteiger charge is -2.26. The van der Waals surface area contributed by atoms with Crippen molar-refractivity contribution >= 4 is 17.6 Å². The highest BCUT2D eigenvalue weighted by molar-refractivity contribution is 5.97. The molecule has 3 rings (SSSR count). The number of ether oxygens (including phenoxy) is 1. The van der Waals surface area contributed by atoms with Gasteiger partial charge in [-0.15, -0.1) is 0 Å². The number of aromatic nitrogens is 1. The van der Waals surface area contributed by atoms with E-state index in [0.717, 1.165) is 30.3 Å². The van der Waals surface area contributed by atoms with E-state index in [1.54, 1.807) is 6.92 Å². The molecular weight excluding hydrogens is 378 g/mol. The van der Waals surface area contributed by atoms with Crippen molar-refractivity contribution in [2.75, 3.05) is 13.2 Å². The zero-order chi connectivity index (χ0) is 21.2. The van der Waals surface area contributed by atoms with E-state index in [1.165, 1.54) is 18.2 Å². The van der Waals surface area contributed by atoms with Crippen molar-refractivity contribution in [1.29, 1.82) is 0 Å². The van der Waals surface area contributed by atoms with Crippen molar-refractivity contribution in [3.63, 3.8) is 0 Å². The van der Waals surface area contributed by atoms with E-state index in [0.29, 0.717) is 18.9 Å². The Bertz CT molecular complexity index is 854. The van der Waals surface area contributed by atoms with Crippen molar-refractivity contribution in [1.82, 2.24) is 9.88 Å². The molecule has 3 atom stereocenters. The van der Waals surface area contributed by atoms with Gasteiger partial charge in [0, 0.05) is 6.07 Å². The predicted molar refractivity (Wildman–Crippen MR) is 103 cm³/mol. The quantitative estimate of drug-likeness (QED) is 0.490. The number of aliphatic hydroxyl groups is 1. The molecule has 1 aromatic heterocycles. The number of hydrogen-bond acceptors (Lipinski definition) is 6. The zero-order valence-electron chi connectivity index (χ0n) is 16.4. The molecular formula is C20H27N3O6. The van der Waals surface area contributed by atoms with Crippen LogP contribution < -0.4 is 16.6 Å². The van der Waals surface area contributed by atoms with E-state index in [2.05, 4.69) is 5.32 Å². The van der Waals surface area contributed by atoms with Crippen LogP contribution in [0.2, 0.25) is 0 Å². The third kappa shape index (κ3) is 4.56. The molecule has 2 heterocycles. The number of aliphatic hydroxyl groups excluding tert-OH is 1. The van der Waals surface area contributed by atoms with E-state index in [-0.39, 0.29) is 11.5 Å². The van der Waals surface area contributed by atoms with Gasteiger partial charge >= 0.3 is 0 Å². The van der Waals surface area contributed by atoms with Crippen molar-refractivity contribution in [2.24, 2.45) is 11.7 Å². The number of epoxide rings is 1. The summed E-state index contributed by atoms with van der Waals surface area (Å²) >= 11 is 0. The molecule has 158 valence electrons. The molecule has 1 aromatic rings. The van der Waals surface area contributed by atoms with Crippen molar-refractivity contribution in [3.8, 4) is 0 Å². The van der Waals surface area contributed by atoms with Gasteiger partial charge in [0.25, 0.3) is 11.5 Å². The summed E-state index contributed by atoms with van der Waals surface area (Å²) in [6.07, 6.45) is 4.64. The normalized spacial score (nSPS) is 23.4. The van der Waals surface area contributed by atoms with E-state index >= 15 is 0 Å². The van der Waals surface area contributed by atoms with Crippen molar-refractivity contribution in [3.05, 3.63) is 34.2 Å². The number of pyridine rings is 1. The van der Waals surface area contributed by atoms with Crippen LogP contribution in [0.4, 0.5) is 0 Å². The van der Waals surface area contributed by atoms with Crippen LogP contribution in [0.15, 0.2) is 23.0 Å². The molecule has 0 spiro atoms. The van der Waals surface area contributed by atoms with Crippen LogP contribution in [0.1, 0.15) is 55.6 Å². The average molecular weight is 405 g/mol. The van der Waals surface area contributed by atoms with Gasteiger partial charge in [-0.1, -0.05) is 31.7 Å². The Hall–Kier alpha value is -2.52. The first-order valence-corrected chi connectivity index (χ1v) is 9.87. The highest BCUT2D eigenvalue weighted by Crippen LogP contribution is 2.33. The van der Waals surface area contributed by atoms with Crippen molar-refractivity contribution < 1.29 is 24.2 Å². The molecule has 29 heavy (non-hydrogen) atoms. The number of amides is 2. The fourth-order valence-electron chi connectivity index (χ4n) is 4.00. The van der Waals surface area contributed by atoms with Crippen LogP contribution in [0.3, 0.4) is 0 Å². The molecule has 4 N–H and O–H groups in total. The van der Waals surface area contributed by atoms with Crippen LogP contribution in [-0.4, -0.2) is 52.1 Å². The molecule has 2 amide bonds. The lowest BCUT2D eigenvalue weighted by Crippen LogP contribution is -2.51. The number of nitrogens with one attached hydrogen (secondary N) is 1. The van der Waals surface area contributed by atoms with Gasteiger partial charge in [0.1, 0.15) is 17.3 Å². The number of carbonyl (C=O) groups is 3. The minimum Gasteiger partial charge on any atom is -0.394 e. The largest absolute Gasteiger partial charge is 0.394 e. The lowest BCUT2D eigenvalue weighted by molar-refractivity contribution is -0.133. The Morgan fingerprint density at radius 2 is 2.00 bits per heavy atom. The molecule has 1 aliphatic carbocycles. The number of nitrogens with two attached hydrogens (primary N) is 1. The SMILES string of the molecule is C[C@]1(C(=O)[C@H](CC2CCCC2)NC(=O)[C@H](CO)n2c(C(N)=O)cccc2=O)CO1. The maximum atomic E-state index is 13.0. The Morgan fingerprint density at radius 3 is 2.55 bits per heavy atom. The van der Waals surface area contributed by atoms with Crippen LogP contribution in [0, 0.1) is 5.92 Å². The number of primary amides is 1. The standard InChI is InChI=1S/C20H27N3O6/c1-20(11-29-20)17(26)13(9-12-5-2-3-6-12)22-19(28)15(10-24)23-14(18(21)27)7-4-8-16(23)25/h4,7-8,12-13,15,24H,2-3,5-6,9-11H2,1H3,(H2,21,27)(H,22,28)/t13-,15-,20+/m0/s1. The number of hydrogen-bond donors (Lipinski definition) is 3. The molecule has 0 unspecified atom stereocenters. The highest BCUT2D eigenvalue weighted by atomic mass is 16.6. The minimum absolute atomic E-state index is 0.192. The van der Waals surface area contributed by atoms with Crippen LogP contribution in [0.5, 0.6) is 0 Å². The Kier molecular flexibility index (Phi) is 6.18. The van der Waals surface area contributed by atoms with E-state index in [4.69, 9.17) is 10.5 Å². The van der Waals surface area contributed by atoms with Gasteiger partial charge in [-0.2, -0.15) is 0 Å². The summed E-state index contributed by atoms with van der Waals surface area (Å²) in [4.78, 5) is 49.8. The first kappa shape index (κ1) is 21.2. The maximum Gasteiger partial charge on any atom is 0.265 e. The summed E-state index contributed by atoms with van der Waals surface area (Å²) in [7, 11) is 0. The molecule has 1 aliphatic heterocycles. The fraction of sp³-hybridized carbons (Fsp3) is 0.600. The first-order valence-electron chi connectivity index (χ1n) is 9.87. The second-order valence-corrected chi connectivity index (χ2v) is 8.01. The summed E-state index contributed by atoms with van der Waals surface area (Å²) in [6, 6.07) is 1.66. The molecule has 2 aliphatic rings. The summed E-state index contributed by atoms with van der Waals surface area (Å²) in [5.41, 5.74) is 3.57. The van der Waals surface area contributed by atoms with Gasteiger partial charge in [0.05, 0.1) is 19.3 Å². The van der Waals surface area contributed by atoms with Crippen LogP contribution in [0.25, 0.3) is 0 Å². The molecule has 2 fully saturated rings. The summed E-state index contributed by atoms with van der Waals surface area (Å²) in [5, 5.41) is 12.5. The molecule has 0 aromatic carbocycles. The van der Waals surface area contributed by atoms with Crippen LogP contribution in [-0.2, 0) is 14.3 Å². The van der Waals surface area contributed by atoms with Gasteiger partial charge < -0.3 is 20.9 Å². The van der Waals surface area contributed by atoms with Crippen molar-refractivity contribution in [2.45, 2.75) is 56.7 Å². The van der Waals surface area contributed by atoms with Gasteiger partial charge in [0.15, 0.2) is 5.78 Å². The molecule has 9 heteroatoms. The topological polar surface area (TPSA) is 144 Å². The minimum atomic E-state index is -1.38. The molecule has 1 saturated heterocycles. The maximum absolute atomic E-state index is 13.0. The highest BCUT2D eigenvalue weighted by Gasteiger charge is 2.50. The van der Waals surface area contributed by atoms with Gasteiger partial charge in [0.2, 0.25) is 5.91 Å². The monoisotopic (exact) mass is 405 g/mol. The molecule has 0 radical (unpaired) electrons.